The van der Waals surface area contributed by atoms with Gasteiger partial charge in [0.25, 0.3) is 0 Å². The maximum atomic E-state index is 12.9. The van der Waals surface area contributed by atoms with Gasteiger partial charge < -0.3 is 24.7 Å². The van der Waals surface area contributed by atoms with Crippen LogP contribution in [0, 0.1) is 11.5 Å². The van der Waals surface area contributed by atoms with Crippen molar-refractivity contribution in [1.29, 1.82) is 5.26 Å². The van der Waals surface area contributed by atoms with Crippen LogP contribution in [0.25, 0.3) is 0 Å². The van der Waals surface area contributed by atoms with Gasteiger partial charge in [0.1, 0.15) is 0 Å². The lowest BCUT2D eigenvalue weighted by Crippen LogP contribution is -2.37. The molecule has 0 aliphatic heterocycles. The van der Waals surface area contributed by atoms with E-state index in [4.69, 9.17) is 19.9 Å². The van der Waals surface area contributed by atoms with Crippen molar-refractivity contribution in [2.75, 3.05) is 33.9 Å². The van der Waals surface area contributed by atoms with Crippen molar-refractivity contribution in [2.24, 2.45) is 10.7 Å². The lowest BCUT2D eigenvalue weighted by molar-refractivity contribution is -0.0937. The molecule has 1 atom stereocenters. The number of hydrogen-bond acceptors (Lipinski definition) is 6. The minimum atomic E-state index is -2.97. The third-order valence-electron chi connectivity index (χ3n) is 5.74. The van der Waals surface area contributed by atoms with Crippen LogP contribution in [0.3, 0.4) is 0 Å². The van der Waals surface area contributed by atoms with Crippen molar-refractivity contribution in [3.63, 3.8) is 0 Å². The number of nitriles is 1. The Bertz CT molecular complexity index is 998. The zero-order valence-electron chi connectivity index (χ0n) is 21.6. The molecule has 0 spiro atoms. The monoisotopic (exact) mass is 518 g/mol. The lowest BCUT2D eigenvalue weighted by Gasteiger charge is -2.21. The number of methoxy groups -OCH3 is 2. The number of nitrogens with zero attached hydrogens (tertiary/aromatic N) is 3. The van der Waals surface area contributed by atoms with E-state index in [9.17, 15) is 14.0 Å². The summed E-state index contributed by atoms with van der Waals surface area (Å²) in [6, 6.07) is 15.0. The molecule has 202 valence electrons. The Morgan fingerprint density at radius 2 is 1.78 bits per heavy atom. The quantitative estimate of drug-likeness (QED) is 0.0842. The summed E-state index contributed by atoms with van der Waals surface area (Å²) in [5.41, 5.74) is 8.04. The van der Waals surface area contributed by atoms with E-state index in [2.05, 4.69) is 21.9 Å². The molecule has 2 N–H and O–H groups in total. The normalized spacial score (nSPS) is 12.4. The van der Waals surface area contributed by atoms with Crippen molar-refractivity contribution in [1.82, 2.24) is 4.90 Å². The highest BCUT2D eigenvalue weighted by molar-refractivity contribution is 5.79. The van der Waals surface area contributed by atoms with E-state index in [0.29, 0.717) is 6.61 Å². The van der Waals surface area contributed by atoms with Gasteiger partial charge in [0.2, 0.25) is 5.96 Å². The van der Waals surface area contributed by atoms with Gasteiger partial charge in [0, 0.05) is 26.7 Å². The van der Waals surface area contributed by atoms with E-state index >= 15 is 0 Å². The average Bonchev–Trinajstić information content (AvgIpc) is 2.90. The first-order valence-corrected chi connectivity index (χ1v) is 12.2. The molecule has 10 heteroatoms. The molecule has 0 bridgehead atoms. The highest BCUT2D eigenvalue weighted by Crippen LogP contribution is 2.33. The Labute approximate surface area is 217 Å². The molecule has 0 saturated carbocycles. The van der Waals surface area contributed by atoms with Gasteiger partial charge in [-0.2, -0.15) is 14.0 Å². The molecular weight excluding hydrogens is 482 g/mol. The summed E-state index contributed by atoms with van der Waals surface area (Å²) in [6.45, 7) is -0.347. The lowest BCUT2D eigenvalue weighted by atomic mass is 10.00. The van der Waals surface area contributed by atoms with Crippen molar-refractivity contribution >= 4 is 5.96 Å². The zero-order valence-corrected chi connectivity index (χ0v) is 21.6. The third kappa shape index (κ3) is 10.6. The fraction of sp³-hybridized carbons (Fsp3) is 0.481. The van der Waals surface area contributed by atoms with Gasteiger partial charge in [-0.25, -0.2) is 9.89 Å². The standard InChI is InChI=1S/C27H36F2N4O4/c1-20(18-33(19-30)27(31)32-17-25(34-2)35-3)22-13-14-23(37-26(28)29)24(16-22)36-15-9-5-8-12-21-10-6-4-7-11-21/h4,6-7,10-11,13-14,16,20,25-26H,5,8-9,12,15,17-18H2,1-3H3,(H2,31,32). The number of rotatable bonds is 16. The molecule has 0 heterocycles. The molecule has 0 aromatic heterocycles. The fourth-order valence-electron chi connectivity index (χ4n) is 3.64. The molecule has 37 heavy (non-hydrogen) atoms. The van der Waals surface area contributed by atoms with Crippen molar-refractivity contribution in [2.45, 2.75) is 51.4 Å². The number of alkyl halides is 2. The Morgan fingerprint density at radius 1 is 1.05 bits per heavy atom. The number of hydrogen-bond donors (Lipinski definition) is 1. The summed E-state index contributed by atoms with van der Waals surface area (Å²) < 4.78 is 46.5. The van der Waals surface area contributed by atoms with Crippen molar-refractivity contribution in [3.8, 4) is 17.7 Å². The molecule has 2 aromatic carbocycles. The van der Waals surface area contributed by atoms with Crippen LogP contribution in [0.5, 0.6) is 11.5 Å². The van der Waals surface area contributed by atoms with Crippen LogP contribution < -0.4 is 15.2 Å². The minimum Gasteiger partial charge on any atom is -0.490 e. The summed E-state index contributed by atoms with van der Waals surface area (Å²) in [7, 11) is 2.96. The van der Waals surface area contributed by atoms with E-state index in [0.717, 1.165) is 31.2 Å². The van der Waals surface area contributed by atoms with E-state index in [1.165, 1.54) is 30.7 Å². The summed E-state index contributed by atoms with van der Waals surface area (Å²) in [5.74, 6) is 0.0421. The zero-order chi connectivity index (χ0) is 27.0. The van der Waals surface area contributed by atoms with E-state index < -0.39 is 12.9 Å². The van der Waals surface area contributed by atoms with Crippen LogP contribution in [-0.4, -0.2) is 57.7 Å². The predicted octanol–water partition coefficient (Wildman–Crippen LogP) is 4.90. The van der Waals surface area contributed by atoms with Gasteiger partial charge >= 0.3 is 6.61 Å². The van der Waals surface area contributed by atoms with Gasteiger partial charge in [-0.1, -0.05) is 43.3 Å². The molecule has 0 saturated heterocycles. The summed E-state index contributed by atoms with van der Waals surface area (Å²) in [5, 5.41) is 9.55. The second-order valence-electron chi connectivity index (χ2n) is 8.44. The Morgan fingerprint density at radius 3 is 2.43 bits per heavy atom. The highest BCUT2D eigenvalue weighted by Gasteiger charge is 2.18. The fourth-order valence-corrected chi connectivity index (χ4v) is 3.64. The minimum absolute atomic E-state index is 0.0260. The average molecular weight is 519 g/mol. The number of guanidine groups is 1. The SMILES string of the molecule is COC(CN=C(N)N(C#N)CC(C)c1ccc(OC(F)F)c(OCCCCCc2ccccc2)c1)OC. The predicted molar refractivity (Wildman–Crippen MR) is 138 cm³/mol. The Kier molecular flexibility index (Phi) is 13.2. The second kappa shape index (κ2) is 16.3. The second-order valence-corrected chi connectivity index (χ2v) is 8.44. The number of unbranched alkanes of at least 4 members (excludes halogenated alkanes) is 2. The molecule has 0 aliphatic rings. The largest absolute Gasteiger partial charge is 0.490 e. The van der Waals surface area contributed by atoms with E-state index in [-0.39, 0.29) is 36.5 Å². The summed E-state index contributed by atoms with van der Waals surface area (Å²) in [6.07, 6.45) is 5.16. The maximum Gasteiger partial charge on any atom is 0.387 e. The molecule has 2 aromatic rings. The van der Waals surface area contributed by atoms with Crippen LogP contribution >= 0.6 is 0 Å². The first-order valence-electron chi connectivity index (χ1n) is 12.2. The van der Waals surface area contributed by atoms with Crippen molar-refractivity contribution < 1.29 is 27.7 Å². The first-order chi connectivity index (χ1) is 17.9. The Balaban J connectivity index is 1.98. The molecule has 1 unspecified atom stereocenters. The number of halogens is 2. The molecule has 2 rings (SSSR count). The highest BCUT2D eigenvalue weighted by atomic mass is 19.3. The third-order valence-corrected chi connectivity index (χ3v) is 5.74. The molecule has 0 fully saturated rings. The van der Waals surface area contributed by atoms with Gasteiger partial charge in [0.15, 0.2) is 24.0 Å². The van der Waals surface area contributed by atoms with Crippen LogP contribution in [0.2, 0.25) is 0 Å². The van der Waals surface area contributed by atoms with Gasteiger partial charge in [-0.15, -0.1) is 0 Å². The van der Waals surface area contributed by atoms with Crippen LogP contribution in [-0.2, 0) is 15.9 Å². The van der Waals surface area contributed by atoms with Gasteiger partial charge in [-0.3, -0.25) is 0 Å². The first kappa shape index (κ1) is 29.8. The molecular formula is C27H36F2N4O4. The molecule has 8 nitrogen and oxygen atoms in total. The van der Waals surface area contributed by atoms with Crippen LogP contribution in [0.4, 0.5) is 8.78 Å². The molecule has 0 radical (unpaired) electrons. The number of ether oxygens (including phenoxy) is 4. The maximum absolute atomic E-state index is 12.9. The Hall–Kier alpha value is -3.42. The topological polar surface area (TPSA) is 102 Å². The summed E-state index contributed by atoms with van der Waals surface area (Å²) in [4.78, 5) is 5.41. The smallest absolute Gasteiger partial charge is 0.387 e. The number of aliphatic imine (C=N–C) groups is 1. The van der Waals surface area contributed by atoms with Gasteiger partial charge in [0.05, 0.1) is 13.2 Å². The van der Waals surface area contributed by atoms with Crippen LogP contribution in [0.15, 0.2) is 53.5 Å². The van der Waals surface area contributed by atoms with Crippen LogP contribution in [0.1, 0.15) is 43.2 Å². The molecule has 0 aliphatic carbocycles. The van der Waals surface area contributed by atoms with E-state index in [1.54, 1.807) is 12.1 Å². The number of aryl methyl sites for hydroxylation is 1. The van der Waals surface area contributed by atoms with Crippen molar-refractivity contribution in [3.05, 3.63) is 59.7 Å². The van der Waals surface area contributed by atoms with E-state index in [1.807, 2.05) is 31.3 Å². The van der Waals surface area contributed by atoms with Gasteiger partial charge in [-0.05, 0) is 48.9 Å². The molecule has 0 amide bonds. The number of nitrogens with two attached hydrogens (primary N) is 1. The number of benzene rings is 2. The summed E-state index contributed by atoms with van der Waals surface area (Å²) >= 11 is 0.